The van der Waals surface area contributed by atoms with Gasteiger partial charge in [0.1, 0.15) is 11.9 Å². The van der Waals surface area contributed by atoms with Crippen LogP contribution in [0.4, 0.5) is 10.1 Å². The summed E-state index contributed by atoms with van der Waals surface area (Å²) in [6, 6.07) is 12.1. The Hall–Kier alpha value is -1.87. The standard InChI is InChI=1S/C16H18FNO/c1-11-4-7-13(17)10-15(11)16(19)12-5-8-14(9-6-12)18(2)3/h4-10,16,19H,1-3H3. The fraction of sp³-hybridized carbons (Fsp3) is 0.250. The number of anilines is 1. The Morgan fingerprint density at radius 3 is 2.26 bits per heavy atom. The largest absolute Gasteiger partial charge is 0.384 e. The second-order valence-corrected chi connectivity index (χ2v) is 4.89. The third-order valence-corrected chi connectivity index (χ3v) is 3.26. The summed E-state index contributed by atoms with van der Waals surface area (Å²) in [6.07, 6.45) is -0.799. The SMILES string of the molecule is Cc1ccc(F)cc1C(O)c1ccc(N(C)C)cc1. The van der Waals surface area contributed by atoms with E-state index in [2.05, 4.69) is 0 Å². The highest BCUT2D eigenvalue weighted by Gasteiger charge is 2.13. The van der Waals surface area contributed by atoms with Gasteiger partial charge in [-0.05, 0) is 47.9 Å². The van der Waals surface area contributed by atoms with Crippen LogP contribution in [0.2, 0.25) is 0 Å². The number of aliphatic hydroxyl groups excluding tert-OH is 1. The zero-order valence-corrected chi connectivity index (χ0v) is 11.4. The first kappa shape index (κ1) is 13.6. The summed E-state index contributed by atoms with van der Waals surface area (Å²) in [6.45, 7) is 1.87. The zero-order chi connectivity index (χ0) is 14.0. The molecule has 0 aromatic heterocycles. The lowest BCUT2D eigenvalue weighted by Gasteiger charge is -2.17. The van der Waals surface area contributed by atoms with Crippen LogP contribution >= 0.6 is 0 Å². The zero-order valence-electron chi connectivity index (χ0n) is 11.4. The van der Waals surface area contributed by atoms with Crippen molar-refractivity contribution in [3.8, 4) is 0 Å². The molecule has 1 unspecified atom stereocenters. The van der Waals surface area contributed by atoms with Crippen molar-refractivity contribution < 1.29 is 9.50 Å². The molecule has 0 saturated heterocycles. The molecule has 1 atom stereocenters. The van der Waals surface area contributed by atoms with Crippen LogP contribution in [-0.4, -0.2) is 19.2 Å². The first-order chi connectivity index (χ1) is 8.99. The number of rotatable bonds is 3. The van der Waals surface area contributed by atoms with E-state index in [9.17, 15) is 9.50 Å². The number of halogens is 1. The van der Waals surface area contributed by atoms with E-state index < -0.39 is 6.10 Å². The first-order valence-corrected chi connectivity index (χ1v) is 6.20. The molecule has 2 aromatic rings. The summed E-state index contributed by atoms with van der Waals surface area (Å²) in [5, 5.41) is 10.3. The summed E-state index contributed by atoms with van der Waals surface area (Å²) >= 11 is 0. The quantitative estimate of drug-likeness (QED) is 0.914. The van der Waals surface area contributed by atoms with Crippen LogP contribution in [-0.2, 0) is 0 Å². The van der Waals surface area contributed by atoms with E-state index in [-0.39, 0.29) is 5.82 Å². The topological polar surface area (TPSA) is 23.5 Å². The smallest absolute Gasteiger partial charge is 0.123 e. The molecule has 2 rings (SSSR count). The monoisotopic (exact) mass is 259 g/mol. The molecule has 0 saturated carbocycles. The van der Waals surface area contributed by atoms with Gasteiger partial charge in [-0.1, -0.05) is 18.2 Å². The molecule has 3 heteroatoms. The van der Waals surface area contributed by atoms with Gasteiger partial charge in [0.05, 0.1) is 0 Å². The van der Waals surface area contributed by atoms with E-state index >= 15 is 0 Å². The van der Waals surface area contributed by atoms with Gasteiger partial charge in [0.15, 0.2) is 0 Å². The van der Waals surface area contributed by atoms with Crippen LogP contribution in [0.15, 0.2) is 42.5 Å². The predicted octanol–water partition coefficient (Wildman–Crippen LogP) is 3.28. The molecule has 0 bridgehead atoms. The van der Waals surface area contributed by atoms with E-state index in [1.807, 2.05) is 50.2 Å². The Kier molecular flexibility index (Phi) is 3.86. The molecule has 0 aliphatic heterocycles. The average molecular weight is 259 g/mol. The minimum absolute atomic E-state index is 0.329. The summed E-state index contributed by atoms with van der Waals surface area (Å²) in [4.78, 5) is 1.99. The van der Waals surface area contributed by atoms with Crippen molar-refractivity contribution in [3.63, 3.8) is 0 Å². The number of aryl methyl sites for hydroxylation is 1. The fourth-order valence-corrected chi connectivity index (χ4v) is 2.04. The Morgan fingerprint density at radius 1 is 1.05 bits per heavy atom. The molecule has 19 heavy (non-hydrogen) atoms. The maximum atomic E-state index is 13.3. The molecule has 0 spiro atoms. The number of benzene rings is 2. The molecular formula is C16H18FNO. The summed E-state index contributed by atoms with van der Waals surface area (Å²) in [5.74, 6) is -0.329. The van der Waals surface area contributed by atoms with E-state index in [1.165, 1.54) is 12.1 Å². The highest BCUT2D eigenvalue weighted by molar-refractivity contribution is 5.47. The number of hydrogen-bond donors (Lipinski definition) is 1. The lowest BCUT2D eigenvalue weighted by Crippen LogP contribution is -2.09. The van der Waals surface area contributed by atoms with Crippen molar-refractivity contribution in [2.75, 3.05) is 19.0 Å². The maximum Gasteiger partial charge on any atom is 0.123 e. The molecule has 0 heterocycles. The van der Waals surface area contributed by atoms with Crippen LogP contribution in [0, 0.1) is 12.7 Å². The Morgan fingerprint density at radius 2 is 1.68 bits per heavy atom. The minimum atomic E-state index is -0.799. The number of nitrogens with zero attached hydrogens (tertiary/aromatic N) is 1. The van der Waals surface area contributed by atoms with Crippen LogP contribution in [0.25, 0.3) is 0 Å². The molecule has 0 aliphatic carbocycles. The molecule has 0 radical (unpaired) electrons. The van der Waals surface area contributed by atoms with Crippen molar-refractivity contribution in [1.82, 2.24) is 0 Å². The van der Waals surface area contributed by atoms with Crippen molar-refractivity contribution in [2.24, 2.45) is 0 Å². The van der Waals surface area contributed by atoms with Gasteiger partial charge >= 0.3 is 0 Å². The molecule has 1 N–H and O–H groups in total. The van der Waals surface area contributed by atoms with Crippen LogP contribution < -0.4 is 4.90 Å². The van der Waals surface area contributed by atoms with Crippen molar-refractivity contribution in [1.29, 1.82) is 0 Å². The molecule has 0 aliphatic rings. The van der Waals surface area contributed by atoms with Crippen LogP contribution in [0.1, 0.15) is 22.8 Å². The van der Waals surface area contributed by atoms with Gasteiger partial charge < -0.3 is 10.0 Å². The Labute approximate surface area is 113 Å². The average Bonchev–Trinajstić information content (AvgIpc) is 2.41. The summed E-state index contributed by atoms with van der Waals surface area (Å²) < 4.78 is 13.3. The molecule has 0 fully saturated rings. The highest BCUT2D eigenvalue weighted by Crippen LogP contribution is 2.26. The van der Waals surface area contributed by atoms with E-state index in [0.717, 1.165) is 16.8 Å². The van der Waals surface area contributed by atoms with E-state index in [4.69, 9.17) is 0 Å². The second kappa shape index (κ2) is 5.41. The van der Waals surface area contributed by atoms with Gasteiger partial charge in [-0.2, -0.15) is 0 Å². The van der Waals surface area contributed by atoms with Crippen LogP contribution in [0.5, 0.6) is 0 Å². The van der Waals surface area contributed by atoms with Crippen molar-refractivity contribution >= 4 is 5.69 Å². The molecule has 2 nitrogen and oxygen atoms in total. The van der Waals surface area contributed by atoms with Crippen molar-refractivity contribution in [2.45, 2.75) is 13.0 Å². The Balaban J connectivity index is 2.33. The van der Waals surface area contributed by atoms with Gasteiger partial charge in [-0.3, -0.25) is 0 Å². The van der Waals surface area contributed by atoms with Gasteiger partial charge in [0, 0.05) is 19.8 Å². The highest BCUT2D eigenvalue weighted by atomic mass is 19.1. The van der Waals surface area contributed by atoms with Gasteiger partial charge in [0.2, 0.25) is 0 Å². The third-order valence-electron chi connectivity index (χ3n) is 3.26. The predicted molar refractivity (Wildman–Crippen MR) is 76.0 cm³/mol. The molecule has 0 amide bonds. The lowest BCUT2D eigenvalue weighted by molar-refractivity contribution is 0.219. The van der Waals surface area contributed by atoms with Gasteiger partial charge in [-0.15, -0.1) is 0 Å². The van der Waals surface area contributed by atoms with Crippen LogP contribution in [0.3, 0.4) is 0 Å². The van der Waals surface area contributed by atoms with Gasteiger partial charge in [0.25, 0.3) is 0 Å². The summed E-state index contributed by atoms with van der Waals surface area (Å²) in [7, 11) is 3.92. The normalized spacial score (nSPS) is 12.3. The fourth-order valence-electron chi connectivity index (χ4n) is 2.04. The minimum Gasteiger partial charge on any atom is -0.384 e. The van der Waals surface area contributed by atoms with Gasteiger partial charge in [-0.25, -0.2) is 4.39 Å². The Bertz CT molecular complexity index is 563. The van der Waals surface area contributed by atoms with E-state index in [1.54, 1.807) is 6.07 Å². The molecule has 2 aromatic carbocycles. The second-order valence-electron chi connectivity index (χ2n) is 4.89. The lowest BCUT2D eigenvalue weighted by atomic mass is 9.97. The summed E-state index contributed by atoms with van der Waals surface area (Å²) in [5.41, 5.74) is 3.31. The van der Waals surface area contributed by atoms with Crippen molar-refractivity contribution in [3.05, 3.63) is 65.0 Å². The molecule has 100 valence electrons. The number of hydrogen-bond acceptors (Lipinski definition) is 2. The van der Waals surface area contributed by atoms with E-state index in [0.29, 0.717) is 5.56 Å². The molecular weight excluding hydrogens is 241 g/mol. The number of aliphatic hydroxyl groups is 1. The first-order valence-electron chi connectivity index (χ1n) is 6.20. The third kappa shape index (κ3) is 2.93. The maximum absolute atomic E-state index is 13.3.